The summed E-state index contributed by atoms with van der Waals surface area (Å²) in [7, 11) is 1.67. The molecule has 2 aliphatic rings. The van der Waals surface area contributed by atoms with Gasteiger partial charge in [0.05, 0.1) is 6.61 Å². The molecule has 0 unspecified atom stereocenters. The van der Waals surface area contributed by atoms with Crippen molar-refractivity contribution in [1.82, 2.24) is 4.90 Å². The molecule has 2 fully saturated rings. The van der Waals surface area contributed by atoms with Crippen molar-refractivity contribution in [2.24, 2.45) is 5.73 Å². The first-order chi connectivity index (χ1) is 7.64. The van der Waals surface area contributed by atoms with Crippen LogP contribution in [0.15, 0.2) is 0 Å². The number of carbonyl (C=O) groups excluding carboxylic acids is 1. The number of ether oxygens (including phenoxy) is 1. The third-order valence-corrected chi connectivity index (χ3v) is 3.70. The maximum Gasteiger partial charge on any atom is 0.224 e. The average molecular weight is 226 g/mol. The summed E-state index contributed by atoms with van der Waals surface area (Å²) in [5.41, 5.74) is 5.91. The minimum atomic E-state index is -0.197. The molecule has 4 heteroatoms. The molecule has 0 aromatic rings. The molecule has 92 valence electrons. The van der Waals surface area contributed by atoms with Gasteiger partial charge in [-0.3, -0.25) is 4.79 Å². The predicted octanol–water partition coefficient (Wildman–Crippen LogP) is 0.895. The fourth-order valence-electron chi connectivity index (χ4n) is 2.30. The van der Waals surface area contributed by atoms with Crippen LogP contribution in [0.5, 0.6) is 0 Å². The van der Waals surface area contributed by atoms with E-state index in [0.717, 1.165) is 32.2 Å². The van der Waals surface area contributed by atoms with E-state index in [-0.39, 0.29) is 11.4 Å². The van der Waals surface area contributed by atoms with Gasteiger partial charge >= 0.3 is 0 Å². The zero-order valence-electron chi connectivity index (χ0n) is 10.1. The van der Waals surface area contributed by atoms with Gasteiger partial charge in [-0.15, -0.1) is 0 Å². The van der Waals surface area contributed by atoms with Gasteiger partial charge in [0.25, 0.3) is 0 Å². The van der Waals surface area contributed by atoms with Crippen molar-refractivity contribution in [1.29, 1.82) is 0 Å². The van der Waals surface area contributed by atoms with Crippen LogP contribution in [0.4, 0.5) is 0 Å². The number of amides is 1. The van der Waals surface area contributed by atoms with Gasteiger partial charge < -0.3 is 15.4 Å². The summed E-state index contributed by atoms with van der Waals surface area (Å²) in [5.74, 6) is 0.224. The average Bonchev–Trinajstić information content (AvgIpc) is 3.00. The summed E-state index contributed by atoms with van der Waals surface area (Å²) in [4.78, 5) is 14.1. The van der Waals surface area contributed by atoms with Gasteiger partial charge in [0.15, 0.2) is 0 Å². The monoisotopic (exact) mass is 226 g/mol. The molecule has 0 heterocycles. The Labute approximate surface area is 97.1 Å². The standard InChI is InChI=1S/C12H22N2O2/c1-16-8-7-14(10-3-4-10)11(15)9-12(13)5-2-6-12/h10H,2-9,13H2,1H3. The number of methoxy groups -OCH3 is 1. The lowest BCUT2D eigenvalue weighted by Crippen LogP contribution is -2.51. The van der Waals surface area contributed by atoms with Gasteiger partial charge in [0, 0.05) is 31.7 Å². The van der Waals surface area contributed by atoms with Gasteiger partial charge in [0.1, 0.15) is 0 Å². The van der Waals surface area contributed by atoms with Crippen molar-refractivity contribution < 1.29 is 9.53 Å². The maximum absolute atomic E-state index is 12.1. The molecule has 0 aromatic carbocycles. The summed E-state index contributed by atoms with van der Waals surface area (Å²) >= 11 is 0. The minimum Gasteiger partial charge on any atom is -0.383 e. The number of carbonyl (C=O) groups is 1. The lowest BCUT2D eigenvalue weighted by Gasteiger charge is -2.39. The van der Waals surface area contributed by atoms with E-state index in [1.54, 1.807) is 7.11 Å². The predicted molar refractivity (Wildman–Crippen MR) is 62.0 cm³/mol. The highest BCUT2D eigenvalue weighted by Gasteiger charge is 2.39. The molecular formula is C12H22N2O2. The highest BCUT2D eigenvalue weighted by Crippen LogP contribution is 2.34. The minimum absolute atomic E-state index is 0.197. The van der Waals surface area contributed by atoms with Crippen LogP contribution in [0.2, 0.25) is 0 Å². The number of nitrogens with two attached hydrogens (primary N) is 1. The first-order valence-electron chi connectivity index (χ1n) is 6.22. The van der Waals surface area contributed by atoms with Gasteiger partial charge in [0.2, 0.25) is 5.91 Å². The van der Waals surface area contributed by atoms with E-state index >= 15 is 0 Å². The van der Waals surface area contributed by atoms with Crippen molar-refractivity contribution in [2.45, 2.75) is 50.1 Å². The van der Waals surface area contributed by atoms with Crippen LogP contribution in [0.1, 0.15) is 38.5 Å². The molecule has 16 heavy (non-hydrogen) atoms. The molecule has 2 rings (SSSR count). The first kappa shape index (κ1) is 11.9. The topological polar surface area (TPSA) is 55.6 Å². The summed E-state index contributed by atoms with van der Waals surface area (Å²) in [6, 6.07) is 0.464. The van der Waals surface area contributed by atoms with Crippen molar-refractivity contribution in [3.63, 3.8) is 0 Å². The number of hydrogen-bond donors (Lipinski definition) is 1. The molecular weight excluding hydrogens is 204 g/mol. The van der Waals surface area contributed by atoms with E-state index < -0.39 is 0 Å². The van der Waals surface area contributed by atoms with E-state index in [0.29, 0.717) is 19.1 Å². The molecule has 0 aliphatic heterocycles. The number of rotatable bonds is 6. The third-order valence-electron chi connectivity index (χ3n) is 3.70. The Morgan fingerprint density at radius 3 is 2.62 bits per heavy atom. The van der Waals surface area contributed by atoms with Gasteiger partial charge in [-0.1, -0.05) is 0 Å². The SMILES string of the molecule is COCCN(C(=O)CC1(N)CCC1)C1CC1. The Hall–Kier alpha value is -0.610. The number of hydrogen-bond acceptors (Lipinski definition) is 3. The molecule has 2 saturated carbocycles. The fraction of sp³-hybridized carbons (Fsp3) is 0.917. The van der Waals surface area contributed by atoms with E-state index in [4.69, 9.17) is 10.5 Å². The van der Waals surface area contributed by atoms with E-state index in [2.05, 4.69) is 0 Å². The van der Waals surface area contributed by atoms with Crippen molar-refractivity contribution in [3.05, 3.63) is 0 Å². The largest absolute Gasteiger partial charge is 0.383 e. The summed E-state index contributed by atoms with van der Waals surface area (Å²) in [6.07, 6.45) is 5.99. The lowest BCUT2D eigenvalue weighted by atomic mass is 9.75. The zero-order valence-corrected chi connectivity index (χ0v) is 10.1. The Morgan fingerprint density at radius 2 is 2.19 bits per heavy atom. The smallest absolute Gasteiger partial charge is 0.224 e. The quantitative estimate of drug-likeness (QED) is 0.732. The van der Waals surface area contributed by atoms with Gasteiger partial charge in [-0.05, 0) is 32.1 Å². The molecule has 0 spiro atoms. The van der Waals surface area contributed by atoms with Crippen LogP contribution in [0.3, 0.4) is 0 Å². The molecule has 4 nitrogen and oxygen atoms in total. The molecule has 1 amide bonds. The number of nitrogens with zero attached hydrogens (tertiary/aromatic N) is 1. The zero-order chi connectivity index (χ0) is 11.6. The highest BCUT2D eigenvalue weighted by molar-refractivity contribution is 5.78. The van der Waals surface area contributed by atoms with Crippen molar-refractivity contribution >= 4 is 5.91 Å². The summed E-state index contributed by atoms with van der Waals surface area (Å²) in [5, 5.41) is 0. The van der Waals surface area contributed by atoms with Crippen LogP contribution in [0.25, 0.3) is 0 Å². The Morgan fingerprint density at radius 1 is 1.50 bits per heavy atom. The van der Waals surface area contributed by atoms with Crippen LogP contribution in [-0.4, -0.2) is 42.6 Å². The van der Waals surface area contributed by atoms with E-state index in [1.807, 2.05) is 4.90 Å². The first-order valence-corrected chi connectivity index (χ1v) is 6.22. The summed E-state index contributed by atoms with van der Waals surface area (Å²) < 4.78 is 5.05. The Balaban J connectivity index is 1.84. The molecule has 0 radical (unpaired) electrons. The lowest BCUT2D eigenvalue weighted by molar-refractivity contribution is -0.134. The van der Waals surface area contributed by atoms with E-state index in [1.165, 1.54) is 6.42 Å². The van der Waals surface area contributed by atoms with Crippen LogP contribution >= 0.6 is 0 Å². The molecule has 0 saturated heterocycles. The Bertz CT molecular complexity index is 260. The molecule has 0 atom stereocenters. The normalized spacial score (nSPS) is 22.6. The van der Waals surface area contributed by atoms with Gasteiger partial charge in [-0.25, -0.2) is 0 Å². The second kappa shape index (κ2) is 4.72. The molecule has 2 aliphatic carbocycles. The van der Waals surface area contributed by atoms with Crippen LogP contribution in [-0.2, 0) is 9.53 Å². The second-order valence-electron chi connectivity index (χ2n) is 5.20. The second-order valence-corrected chi connectivity index (χ2v) is 5.20. The molecule has 0 aromatic heterocycles. The Kier molecular flexibility index (Phi) is 3.50. The maximum atomic E-state index is 12.1. The van der Waals surface area contributed by atoms with Gasteiger partial charge in [-0.2, -0.15) is 0 Å². The van der Waals surface area contributed by atoms with Crippen molar-refractivity contribution in [3.8, 4) is 0 Å². The van der Waals surface area contributed by atoms with Crippen LogP contribution < -0.4 is 5.73 Å². The highest BCUT2D eigenvalue weighted by atomic mass is 16.5. The van der Waals surface area contributed by atoms with Crippen molar-refractivity contribution in [2.75, 3.05) is 20.3 Å². The third kappa shape index (κ3) is 2.74. The fourth-order valence-corrected chi connectivity index (χ4v) is 2.30. The van der Waals surface area contributed by atoms with E-state index in [9.17, 15) is 4.79 Å². The molecule has 0 bridgehead atoms. The molecule has 2 N–H and O–H groups in total. The van der Waals surface area contributed by atoms with Crippen LogP contribution in [0, 0.1) is 0 Å². The summed E-state index contributed by atoms with van der Waals surface area (Å²) in [6.45, 7) is 1.34.